The Morgan fingerprint density at radius 2 is 2.18 bits per heavy atom. The van der Waals surface area contributed by atoms with Gasteiger partial charge in [0.15, 0.2) is 0 Å². The van der Waals surface area contributed by atoms with Crippen LogP contribution in [-0.4, -0.2) is 29.8 Å². The number of hydrogen-bond donors (Lipinski definition) is 1. The van der Waals surface area contributed by atoms with Gasteiger partial charge >= 0.3 is 0 Å². The number of nitrogens with one attached hydrogen (secondary N) is 1. The predicted molar refractivity (Wildman–Crippen MR) is 66.1 cm³/mol. The molecule has 1 aromatic heterocycles. The maximum Gasteiger partial charge on any atom is 0.213 e. The molecule has 1 aromatic rings. The summed E-state index contributed by atoms with van der Waals surface area (Å²) in [5.74, 6) is 0.687. The summed E-state index contributed by atoms with van der Waals surface area (Å²) in [6, 6.07) is 5.86. The van der Waals surface area contributed by atoms with Gasteiger partial charge in [0.05, 0.1) is 18.9 Å². The predicted octanol–water partition coefficient (Wildman–Crippen LogP) is 1.75. The molecule has 4 nitrogen and oxygen atoms in total. The molecular formula is C13H20N2O2. The molecular weight excluding hydrogens is 216 g/mol. The van der Waals surface area contributed by atoms with Crippen LogP contribution in [0.3, 0.4) is 0 Å². The van der Waals surface area contributed by atoms with Crippen LogP contribution >= 0.6 is 0 Å². The molecule has 1 aliphatic heterocycles. The van der Waals surface area contributed by atoms with Crippen molar-refractivity contribution in [2.45, 2.75) is 39.0 Å². The topological polar surface area (TPSA) is 43.4 Å². The lowest BCUT2D eigenvalue weighted by Gasteiger charge is -2.26. The van der Waals surface area contributed by atoms with Crippen molar-refractivity contribution in [1.29, 1.82) is 0 Å². The molecule has 1 saturated heterocycles. The Bertz CT molecular complexity index is 370. The van der Waals surface area contributed by atoms with Crippen LogP contribution in [0.2, 0.25) is 0 Å². The van der Waals surface area contributed by atoms with E-state index in [2.05, 4.69) is 31.1 Å². The molecule has 1 N–H and O–H groups in total. The average Bonchev–Trinajstić information content (AvgIpc) is 2.20. The molecule has 0 amide bonds. The first kappa shape index (κ1) is 12.3. The van der Waals surface area contributed by atoms with E-state index >= 15 is 0 Å². The fourth-order valence-electron chi connectivity index (χ4n) is 1.43. The van der Waals surface area contributed by atoms with Crippen LogP contribution in [0.15, 0.2) is 18.2 Å². The van der Waals surface area contributed by atoms with E-state index in [-0.39, 0.29) is 11.6 Å². The van der Waals surface area contributed by atoms with Gasteiger partial charge in [0.1, 0.15) is 6.10 Å². The van der Waals surface area contributed by atoms with E-state index in [1.54, 1.807) is 0 Å². The van der Waals surface area contributed by atoms with Crippen molar-refractivity contribution in [3.8, 4) is 5.88 Å². The summed E-state index contributed by atoms with van der Waals surface area (Å²) in [5.41, 5.74) is 1.10. The Balaban J connectivity index is 1.91. The monoisotopic (exact) mass is 236 g/mol. The summed E-state index contributed by atoms with van der Waals surface area (Å²) in [4.78, 5) is 4.46. The Kier molecular flexibility index (Phi) is 3.64. The zero-order chi connectivity index (χ0) is 12.3. The molecule has 1 aliphatic rings. The Labute approximate surface area is 102 Å². The summed E-state index contributed by atoms with van der Waals surface area (Å²) in [6.07, 6.45) is 0.174. The van der Waals surface area contributed by atoms with Crippen molar-refractivity contribution in [3.05, 3.63) is 23.9 Å². The minimum Gasteiger partial charge on any atom is -0.469 e. The van der Waals surface area contributed by atoms with Crippen molar-refractivity contribution >= 4 is 0 Å². The molecule has 94 valence electrons. The molecule has 0 aliphatic carbocycles. The second-order valence-corrected chi connectivity index (χ2v) is 5.35. The lowest BCUT2D eigenvalue weighted by molar-refractivity contribution is -0.0814. The SMILES string of the molecule is CC(C)(C)NCc1cccc(OC2COC2)n1. The molecule has 0 unspecified atom stereocenters. The largest absolute Gasteiger partial charge is 0.469 e. The fourth-order valence-corrected chi connectivity index (χ4v) is 1.43. The van der Waals surface area contributed by atoms with Crippen LogP contribution < -0.4 is 10.1 Å². The van der Waals surface area contributed by atoms with E-state index in [1.807, 2.05) is 18.2 Å². The van der Waals surface area contributed by atoms with Gasteiger partial charge in [-0.2, -0.15) is 0 Å². The highest BCUT2D eigenvalue weighted by molar-refractivity contribution is 5.16. The molecule has 0 atom stereocenters. The molecule has 0 spiro atoms. The summed E-state index contributed by atoms with van der Waals surface area (Å²) in [5, 5.41) is 3.40. The Hall–Kier alpha value is -1.13. The van der Waals surface area contributed by atoms with Gasteiger partial charge in [0.2, 0.25) is 5.88 Å². The number of nitrogens with zero attached hydrogens (tertiary/aromatic N) is 1. The summed E-state index contributed by atoms with van der Waals surface area (Å²) < 4.78 is 10.7. The van der Waals surface area contributed by atoms with Crippen molar-refractivity contribution in [2.75, 3.05) is 13.2 Å². The van der Waals surface area contributed by atoms with E-state index in [1.165, 1.54) is 0 Å². The minimum atomic E-state index is 0.0976. The second-order valence-electron chi connectivity index (χ2n) is 5.35. The van der Waals surface area contributed by atoms with Crippen molar-refractivity contribution < 1.29 is 9.47 Å². The maximum absolute atomic E-state index is 5.66. The molecule has 0 bridgehead atoms. The number of hydrogen-bond acceptors (Lipinski definition) is 4. The molecule has 0 saturated carbocycles. The lowest BCUT2D eigenvalue weighted by atomic mass is 10.1. The van der Waals surface area contributed by atoms with E-state index < -0.39 is 0 Å². The van der Waals surface area contributed by atoms with Crippen molar-refractivity contribution in [3.63, 3.8) is 0 Å². The summed E-state index contributed by atoms with van der Waals surface area (Å²) in [6.45, 7) is 8.51. The standard InChI is InChI=1S/C13H20N2O2/c1-13(2,3)14-7-10-5-4-6-12(15-10)17-11-8-16-9-11/h4-6,11,14H,7-9H2,1-3H3. The first-order valence-corrected chi connectivity index (χ1v) is 5.98. The number of rotatable bonds is 4. The van der Waals surface area contributed by atoms with Crippen LogP contribution in [0.25, 0.3) is 0 Å². The zero-order valence-corrected chi connectivity index (χ0v) is 10.7. The molecule has 0 radical (unpaired) electrons. The number of pyridine rings is 1. The van der Waals surface area contributed by atoms with Gasteiger partial charge in [-0.1, -0.05) is 6.07 Å². The van der Waals surface area contributed by atoms with Gasteiger partial charge in [-0.15, -0.1) is 0 Å². The summed E-state index contributed by atoms with van der Waals surface area (Å²) >= 11 is 0. The average molecular weight is 236 g/mol. The normalized spacial score (nSPS) is 16.6. The van der Waals surface area contributed by atoms with Crippen molar-refractivity contribution in [2.24, 2.45) is 0 Å². The molecule has 4 heteroatoms. The second kappa shape index (κ2) is 5.02. The fraction of sp³-hybridized carbons (Fsp3) is 0.615. The van der Waals surface area contributed by atoms with Crippen LogP contribution in [-0.2, 0) is 11.3 Å². The van der Waals surface area contributed by atoms with Crippen LogP contribution in [0.4, 0.5) is 0 Å². The first-order chi connectivity index (χ1) is 8.03. The van der Waals surface area contributed by atoms with E-state index in [4.69, 9.17) is 9.47 Å². The zero-order valence-electron chi connectivity index (χ0n) is 10.7. The van der Waals surface area contributed by atoms with E-state index in [0.717, 1.165) is 12.2 Å². The third kappa shape index (κ3) is 3.98. The number of ether oxygens (including phenoxy) is 2. The highest BCUT2D eigenvalue weighted by atomic mass is 16.6. The quantitative estimate of drug-likeness (QED) is 0.865. The summed E-state index contributed by atoms with van der Waals surface area (Å²) in [7, 11) is 0. The number of aromatic nitrogens is 1. The Morgan fingerprint density at radius 3 is 2.76 bits per heavy atom. The molecule has 0 aromatic carbocycles. The van der Waals surface area contributed by atoms with Gasteiger partial charge < -0.3 is 14.8 Å². The maximum atomic E-state index is 5.66. The van der Waals surface area contributed by atoms with Crippen molar-refractivity contribution in [1.82, 2.24) is 10.3 Å². The van der Waals surface area contributed by atoms with Crippen LogP contribution in [0.1, 0.15) is 26.5 Å². The smallest absolute Gasteiger partial charge is 0.213 e. The third-order valence-corrected chi connectivity index (χ3v) is 2.48. The van der Waals surface area contributed by atoms with Gasteiger partial charge in [0, 0.05) is 18.2 Å². The van der Waals surface area contributed by atoms with E-state index in [9.17, 15) is 0 Å². The molecule has 17 heavy (non-hydrogen) atoms. The lowest BCUT2D eigenvalue weighted by Crippen LogP contribution is -2.39. The van der Waals surface area contributed by atoms with Gasteiger partial charge in [-0.3, -0.25) is 0 Å². The van der Waals surface area contributed by atoms with Gasteiger partial charge in [0.25, 0.3) is 0 Å². The first-order valence-electron chi connectivity index (χ1n) is 5.98. The Morgan fingerprint density at radius 1 is 1.41 bits per heavy atom. The van der Waals surface area contributed by atoms with E-state index in [0.29, 0.717) is 19.1 Å². The molecule has 2 rings (SSSR count). The molecule has 2 heterocycles. The highest BCUT2D eigenvalue weighted by Crippen LogP contribution is 2.14. The van der Waals surface area contributed by atoms with Crippen LogP contribution in [0, 0.1) is 0 Å². The molecule has 1 fully saturated rings. The third-order valence-electron chi connectivity index (χ3n) is 2.48. The van der Waals surface area contributed by atoms with Crippen LogP contribution in [0.5, 0.6) is 5.88 Å². The van der Waals surface area contributed by atoms with Gasteiger partial charge in [-0.05, 0) is 26.8 Å². The van der Waals surface area contributed by atoms with Gasteiger partial charge in [-0.25, -0.2) is 4.98 Å². The minimum absolute atomic E-state index is 0.0976. The highest BCUT2D eigenvalue weighted by Gasteiger charge is 2.20.